The van der Waals surface area contributed by atoms with E-state index < -0.39 is 5.97 Å². The van der Waals surface area contributed by atoms with Crippen LogP contribution in [0.15, 0.2) is 25.3 Å². The number of carboxylic acid groups (broad SMARTS) is 1. The fraction of sp³-hybridized carbons (Fsp3) is 0.615. The first kappa shape index (κ1) is 13.9. The van der Waals surface area contributed by atoms with Crippen molar-refractivity contribution in [1.82, 2.24) is 0 Å². The van der Waals surface area contributed by atoms with E-state index >= 15 is 0 Å². The molecule has 86 valence electrons. The Morgan fingerprint density at radius 1 is 1.07 bits per heavy atom. The molecule has 0 aromatic rings. The normalized spacial score (nSPS) is 12.0. The van der Waals surface area contributed by atoms with Gasteiger partial charge in [0.05, 0.1) is 5.92 Å². The van der Waals surface area contributed by atoms with Crippen molar-refractivity contribution in [2.75, 3.05) is 0 Å². The number of rotatable bonds is 10. The Morgan fingerprint density at radius 2 is 1.60 bits per heavy atom. The number of aliphatic carboxylic acids is 1. The van der Waals surface area contributed by atoms with Crippen LogP contribution in [0.25, 0.3) is 0 Å². The number of unbranched alkanes of at least 4 members (excludes halogenated alkanes) is 3. The quantitative estimate of drug-likeness (QED) is 0.440. The van der Waals surface area contributed by atoms with E-state index in [1.54, 1.807) is 0 Å². The standard InChI is InChI=1S/C13H22O2/c1-3-5-7-9-11-12(13(14)15)10-8-6-4-2/h3-4,12H,1-2,5-11H2,(H,14,15). The molecule has 15 heavy (non-hydrogen) atoms. The molecular weight excluding hydrogens is 188 g/mol. The molecule has 1 unspecified atom stereocenters. The Labute approximate surface area is 92.7 Å². The molecule has 0 saturated carbocycles. The molecule has 0 amide bonds. The van der Waals surface area contributed by atoms with Gasteiger partial charge in [-0.25, -0.2) is 0 Å². The van der Waals surface area contributed by atoms with Gasteiger partial charge >= 0.3 is 5.97 Å². The predicted octanol–water partition coefficient (Wildman–Crippen LogP) is 3.79. The second-order valence-electron chi connectivity index (χ2n) is 3.83. The largest absolute Gasteiger partial charge is 0.481 e. The van der Waals surface area contributed by atoms with E-state index in [4.69, 9.17) is 5.11 Å². The van der Waals surface area contributed by atoms with Gasteiger partial charge in [0.2, 0.25) is 0 Å². The van der Waals surface area contributed by atoms with E-state index in [0.717, 1.165) is 44.9 Å². The maximum atomic E-state index is 10.9. The van der Waals surface area contributed by atoms with Crippen molar-refractivity contribution in [3.8, 4) is 0 Å². The fourth-order valence-corrected chi connectivity index (χ4v) is 1.58. The Morgan fingerprint density at radius 3 is 2.13 bits per heavy atom. The van der Waals surface area contributed by atoms with Gasteiger partial charge < -0.3 is 5.11 Å². The minimum atomic E-state index is -0.655. The third-order valence-corrected chi connectivity index (χ3v) is 2.52. The molecule has 0 saturated heterocycles. The van der Waals surface area contributed by atoms with Crippen LogP contribution >= 0.6 is 0 Å². The van der Waals surface area contributed by atoms with E-state index in [1.807, 2.05) is 12.2 Å². The molecule has 0 aliphatic heterocycles. The van der Waals surface area contributed by atoms with Crippen LogP contribution in [0.3, 0.4) is 0 Å². The van der Waals surface area contributed by atoms with E-state index in [0.29, 0.717) is 0 Å². The molecule has 1 atom stereocenters. The summed E-state index contributed by atoms with van der Waals surface area (Å²) in [7, 11) is 0. The van der Waals surface area contributed by atoms with Crippen molar-refractivity contribution in [2.24, 2.45) is 5.92 Å². The van der Waals surface area contributed by atoms with Crippen LogP contribution in [0.5, 0.6) is 0 Å². The molecule has 0 aromatic heterocycles. The van der Waals surface area contributed by atoms with Gasteiger partial charge in [-0.2, -0.15) is 0 Å². The van der Waals surface area contributed by atoms with Gasteiger partial charge in [-0.1, -0.05) is 18.6 Å². The molecule has 0 aromatic carbocycles. The molecule has 0 aliphatic carbocycles. The molecule has 1 N–H and O–H groups in total. The summed E-state index contributed by atoms with van der Waals surface area (Å²) in [5, 5.41) is 8.98. The highest BCUT2D eigenvalue weighted by atomic mass is 16.4. The molecule has 0 heterocycles. The zero-order chi connectivity index (χ0) is 11.5. The van der Waals surface area contributed by atoms with E-state index in [2.05, 4.69) is 13.2 Å². The van der Waals surface area contributed by atoms with Crippen molar-refractivity contribution in [3.05, 3.63) is 25.3 Å². The monoisotopic (exact) mass is 210 g/mol. The molecule has 2 nitrogen and oxygen atoms in total. The lowest BCUT2D eigenvalue weighted by Gasteiger charge is -2.10. The number of carboxylic acids is 1. The lowest BCUT2D eigenvalue weighted by atomic mass is 9.95. The summed E-state index contributed by atoms with van der Waals surface area (Å²) in [5.74, 6) is -0.826. The minimum absolute atomic E-state index is 0.172. The Hall–Kier alpha value is -1.05. The summed E-state index contributed by atoms with van der Waals surface area (Å²) in [6.07, 6.45) is 10.2. The minimum Gasteiger partial charge on any atom is -0.481 e. The van der Waals surface area contributed by atoms with Crippen molar-refractivity contribution in [1.29, 1.82) is 0 Å². The Balaban J connectivity index is 3.67. The predicted molar refractivity (Wildman–Crippen MR) is 63.8 cm³/mol. The highest BCUT2D eigenvalue weighted by molar-refractivity contribution is 5.69. The molecule has 2 heteroatoms. The van der Waals surface area contributed by atoms with Crippen molar-refractivity contribution in [3.63, 3.8) is 0 Å². The molecule has 0 rings (SSSR count). The van der Waals surface area contributed by atoms with Crippen molar-refractivity contribution in [2.45, 2.75) is 44.9 Å². The summed E-state index contributed by atoms with van der Waals surface area (Å²) in [6.45, 7) is 7.28. The van der Waals surface area contributed by atoms with Crippen LogP contribution in [0, 0.1) is 5.92 Å². The lowest BCUT2D eigenvalue weighted by molar-refractivity contribution is -0.142. The third-order valence-electron chi connectivity index (χ3n) is 2.52. The zero-order valence-corrected chi connectivity index (χ0v) is 9.45. The number of allylic oxidation sites excluding steroid dienone is 2. The number of carbonyl (C=O) groups is 1. The van der Waals surface area contributed by atoms with Gasteiger partial charge in [-0.15, -0.1) is 13.2 Å². The van der Waals surface area contributed by atoms with Crippen LogP contribution in [0.1, 0.15) is 44.9 Å². The van der Waals surface area contributed by atoms with Gasteiger partial charge in [0.25, 0.3) is 0 Å². The maximum Gasteiger partial charge on any atom is 0.306 e. The molecule has 0 radical (unpaired) electrons. The van der Waals surface area contributed by atoms with Gasteiger partial charge in [0, 0.05) is 0 Å². The first-order valence-corrected chi connectivity index (χ1v) is 5.67. The molecular formula is C13H22O2. The highest BCUT2D eigenvalue weighted by Gasteiger charge is 2.15. The van der Waals surface area contributed by atoms with Crippen LogP contribution in [0.4, 0.5) is 0 Å². The van der Waals surface area contributed by atoms with Crippen LogP contribution < -0.4 is 0 Å². The van der Waals surface area contributed by atoms with Crippen LogP contribution in [-0.4, -0.2) is 11.1 Å². The summed E-state index contributed by atoms with van der Waals surface area (Å²) >= 11 is 0. The van der Waals surface area contributed by atoms with Crippen LogP contribution in [-0.2, 0) is 4.79 Å². The second kappa shape index (κ2) is 9.50. The van der Waals surface area contributed by atoms with E-state index in [-0.39, 0.29) is 5.92 Å². The molecule has 0 aliphatic rings. The van der Waals surface area contributed by atoms with Gasteiger partial charge in [0.1, 0.15) is 0 Å². The van der Waals surface area contributed by atoms with E-state index in [9.17, 15) is 4.79 Å². The Kier molecular flexibility index (Phi) is 8.84. The summed E-state index contributed by atoms with van der Waals surface area (Å²) in [4.78, 5) is 10.9. The summed E-state index contributed by atoms with van der Waals surface area (Å²) in [6, 6.07) is 0. The van der Waals surface area contributed by atoms with Gasteiger partial charge in [-0.3, -0.25) is 4.79 Å². The average Bonchev–Trinajstić information content (AvgIpc) is 2.21. The number of hydrogen-bond acceptors (Lipinski definition) is 1. The van der Waals surface area contributed by atoms with Gasteiger partial charge in [-0.05, 0) is 38.5 Å². The lowest BCUT2D eigenvalue weighted by Crippen LogP contribution is -2.13. The number of hydrogen-bond donors (Lipinski definition) is 1. The smallest absolute Gasteiger partial charge is 0.306 e. The van der Waals surface area contributed by atoms with Crippen molar-refractivity contribution >= 4 is 5.97 Å². The average molecular weight is 210 g/mol. The zero-order valence-electron chi connectivity index (χ0n) is 9.45. The first-order valence-electron chi connectivity index (χ1n) is 5.67. The fourth-order valence-electron chi connectivity index (χ4n) is 1.58. The molecule has 0 fully saturated rings. The van der Waals surface area contributed by atoms with Crippen molar-refractivity contribution < 1.29 is 9.90 Å². The molecule has 0 spiro atoms. The summed E-state index contributed by atoms with van der Waals surface area (Å²) < 4.78 is 0. The first-order chi connectivity index (χ1) is 7.22. The Bertz CT molecular complexity index is 197. The SMILES string of the molecule is C=CCCCCC(CCCC=C)C(=O)O. The van der Waals surface area contributed by atoms with Crippen LogP contribution in [0.2, 0.25) is 0 Å². The van der Waals surface area contributed by atoms with Gasteiger partial charge in [0.15, 0.2) is 0 Å². The third kappa shape index (κ3) is 7.98. The topological polar surface area (TPSA) is 37.3 Å². The summed E-state index contributed by atoms with van der Waals surface area (Å²) in [5.41, 5.74) is 0. The molecule has 0 bridgehead atoms. The highest BCUT2D eigenvalue weighted by Crippen LogP contribution is 2.17. The van der Waals surface area contributed by atoms with E-state index in [1.165, 1.54) is 0 Å². The maximum absolute atomic E-state index is 10.9. The second-order valence-corrected chi connectivity index (χ2v) is 3.83.